The molecule has 0 radical (unpaired) electrons. The lowest BCUT2D eigenvalue weighted by Crippen LogP contribution is -2.44. The van der Waals surface area contributed by atoms with E-state index in [4.69, 9.17) is 0 Å². The number of carbonyl (C=O) groups is 1. The summed E-state index contributed by atoms with van der Waals surface area (Å²) in [6.07, 6.45) is 7.74. The van der Waals surface area contributed by atoms with Gasteiger partial charge in [-0.05, 0) is 29.9 Å². The summed E-state index contributed by atoms with van der Waals surface area (Å²) in [5.41, 5.74) is 0.640. The normalized spacial score (nSPS) is 17.6. The third-order valence-electron chi connectivity index (χ3n) is 4.88. The first-order chi connectivity index (χ1) is 13.1. The molecule has 1 aliphatic carbocycles. The summed E-state index contributed by atoms with van der Waals surface area (Å²) in [5.74, 6) is -0.285. The molecule has 1 unspecified atom stereocenters. The zero-order valence-electron chi connectivity index (χ0n) is 15.3. The smallest absolute Gasteiger partial charge is 0.251 e. The second-order valence-electron chi connectivity index (χ2n) is 6.95. The highest BCUT2D eigenvalue weighted by atomic mass is 32.2. The van der Waals surface area contributed by atoms with Gasteiger partial charge in [-0.25, -0.2) is 8.42 Å². The fraction of sp³-hybridized carbons (Fsp3) is 0.450. The number of benzene rings is 1. The van der Waals surface area contributed by atoms with E-state index in [1.165, 1.54) is 19.3 Å². The second kappa shape index (κ2) is 9.48. The number of nitrogens with one attached hydrogen (secondary N) is 2. The number of carbonyl (C=O) groups excluding carboxylic acids is 1. The molecular formula is C20H26N2O3S2. The Hall–Kier alpha value is -1.70. The van der Waals surface area contributed by atoms with Crippen molar-refractivity contribution < 1.29 is 13.2 Å². The van der Waals surface area contributed by atoms with Crippen LogP contribution in [0.4, 0.5) is 0 Å². The van der Waals surface area contributed by atoms with Gasteiger partial charge in [-0.1, -0.05) is 68.5 Å². The van der Waals surface area contributed by atoms with Crippen molar-refractivity contribution >= 4 is 27.3 Å². The molecule has 5 nitrogen and oxygen atoms in total. The van der Waals surface area contributed by atoms with Gasteiger partial charge >= 0.3 is 0 Å². The maximum absolute atomic E-state index is 13.0. The van der Waals surface area contributed by atoms with Crippen LogP contribution in [0, 0.1) is 0 Å². The topological polar surface area (TPSA) is 75.3 Å². The molecule has 0 aliphatic heterocycles. The van der Waals surface area contributed by atoms with Gasteiger partial charge in [-0.3, -0.25) is 4.79 Å². The van der Waals surface area contributed by atoms with Crippen molar-refractivity contribution in [3.8, 4) is 0 Å². The van der Waals surface area contributed by atoms with Crippen LogP contribution < -0.4 is 10.0 Å². The summed E-state index contributed by atoms with van der Waals surface area (Å²) in [5, 5.41) is 4.80. The molecule has 0 spiro atoms. The average Bonchev–Trinajstić information content (AvgIpc) is 3.18. The molecule has 1 atom stereocenters. The predicted octanol–water partition coefficient (Wildman–Crippen LogP) is 4.00. The van der Waals surface area contributed by atoms with Crippen molar-refractivity contribution in [3.05, 3.63) is 53.4 Å². The van der Waals surface area contributed by atoms with Crippen molar-refractivity contribution in [2.24, 2.45) is 0 Å². The Labute approximate surface area is 165 Å². The summed E-state index contributed by atoms with van der Waals surface area (Å²) in [6, 6.07) is 11.4. The predicted molar refractivity (Wildman–Crippen MR) is 108 cm³/mol. The summed E-state index contributed by atoms with van der Waals surface area (Å²) >= 11 is 1.14. The maximum Gasteiger partial charge on any atom is 0.251 e. The lowest BCUT2D eigenvalue weighted by atomic mass is 9.96. The number of amides is 1. The van der Waals surface area contributed by atoms with Gasteiger partial charge in [0.15, 0.2) is 0 Å². The van der Waals surface area contributed by atoms with Crippen molar-refractivity contribution in [3.63, 3.8) is 0 Å². The van der Waals surface area contributed by atoms with Crippen LogP contribution in [0.1, 0.15) is 56.6 Å². The van der Waals surface area contributed by atoms with E-state index in [1.54, 1.807) is 29.6 Å². The SMILES string of the molecule is O=C(NC1CCCCCCC1)C(NS(=O)(=O)c1cccs1)c1ccccc1. The third kappa shape index (κ3) is 5.64. The number of sulfonamides is 1. The molecule has 0 saturated heterocycles. The minimum Gasteiger partial charge on any atom is -0.352 e. The van der Waals surface area contributed by atoms with E-state index >= 15 is 0 Å². The lowest BCUT2D eigenvalue weighted by molar-refractivity contribution is -0.123. The molecule has 1 aromatic heterocycles. The van der Waals surface area contributed by atoms with E-state index in [-0.39, 0.29) is 16.2 Å². The van der Waals surface area contributed by atoms with Gasteiger partial charge in [0.25, 0.3) is 10.0 Å². The first kappa shape index (κ1) is 20.0. The Kier molecular flexibility index (Phi) is 7.04. The molecule has 7 heteroatoms. The molecule has 2 N–H and O–H groups in total. The molecule has 1 fully saturated rings. The fourth-order valence-electron chi connectivity index (χ4n) is 3.43. The first-order valence-electron chi connectivity index (χ1n) is 9.47. The molecule has 1 saturated carbocycles. The van der Waals surface area contributed by atoms with E-state index < -0.39 is 16.1 Å². The van der Waals surface area contributed by atoms with Gasteiger partial charge in [-0.2, -0.15) is 4.72 Å². The van der Waals surface area contributed by atoms with Crippen LogP contribution >= 0.6 is 11.3 Å². The molecule has 2 aromatic rings. The van der Waals surface area contributed by atoms with Crippen molar-refractivity contribution in [1.29, 1.82) is 0 Å². The monoisotopic (exact) mass is 406 g/mol. The maximum atomic E-state index is 13.0. The van der Waals surface area contributed by atoms with Gasteiger partial charge in [0.1, 0.15) is 10.3 Å². The summed E-state index contributed by atoms with van der Waals surface area (Å²) in [6.45, 7) is 0. The molecule has 1 aromatic carbocycles. The van der Waals surface area contributed by atoms with E-state index in [2.05, 4.69) is 10.0 Å². The van der Waals surface area contributed by atoms with Crippen molar-refractivity contribution in [2.45, 2.75) is 61.2 Å². The third-order valence-corrected chi connectivity index (χ3v) is 7.70. The Morgan fingerprint density at radius 3 is 2.26 bits per heavy atom. The zero-order chi connectivity index (χ0) is 19.1. The minimum atomic E-state index is -3.76. The molecule has 1 amide bonds. The molecule has 1 aliphatic rings. The Balaban J connectivity index is 1.78. The second-order valence-corrected chi connectivity index (χ2v) is 9.84. The van der Waals surface area contributed by atoms with Crippen LogP contribution in [0.25, 0.3) is 0 Å². The first-order valence-corrected chi connectivity index (χ1v) is 11.8. The molecule has 0 bridgehead atoms. The standard InChI is InChI=1S/C20H26N2O3S2/c23-20(21-17-12-7-2-1-3-8-13-17)19(16-10-5-4-6-11-16)22-27(24,25)18-14-9-15-26-18/h4-6,9-11,14-15,17,19,22H,1-3,7-8,12-13H2,(H,21,23). The Bertz CT molecular complexity index is 812. The Morgan fingerprint density at radius 1 is 0.963 bits per heavy atom. The highest BCUT2D eigenvalue weighted by Gasteiger charge is 2.29. The zero-order valence-corrected chi connectivity index (χ0v) is 16.9. The van der Waals surface area contributed by atoms with E-state index in [0.717, 1.165) is 37.0 Å². The Morgan fingerprint density at radius 2 is 1.63 bits per heavy atom. The number of thiophene rings is 1. The van der Waals surface area contributed by atoms with Gasteiger partial charge < -0.3 is 5.32 Å². The highest BCUT2D eigenvalue weighted by molar-refractivity contribution is 7.91. The summed E-state index contributed by atoms with van der Waals surface area (Å²) in [7, 11) is -3.76. The fourth-order valence-corrected chi connectivity index (χ4v) is 5.63. The summed E-state index contributed by atoms with van der Waals surface area (Å²) < 4.78 is 28.2. The number of hydrogen-bond acceptors (Lipinski definition) is 4. The molecule has 3 rings (SSSR count). The number of rotatable bonds is 6. The van der Waals surface area contributed by atoms with E-state index in [0.29, 0.717) is 5.56 Å². The van der Waals surface area contributed by atoms with Crippen molar-refractivity contribution in [1.82, 2.24) is 10.0 Å². The van der Waals surface area contributed by atoms with Gasteiger partial charge in [-0.15, -0.1) is 11.3 Å². The average molecular weight is 407 g/mol. The largest absolute Gasteiger partial charge is 0.352 e. The van der Waals surface area contributed by atoms with Crippen LogP contribution in [0.2, 0.25) is 0 Å². The molecule has 146 valence electrons. The van der Waals surface area contributed by atoms with Gasteiger partial charge in [0, 0.05) is 6.04 Å². The summed E-state index contributed by atoms with van der Waals surface area (Å²) in [4.78, 5) is 13.0. The van der Waals surface area contributed by atoms with Crippen molar-refractivity contribution in [2.75, 3.05) is 0 Å². The molecule has 27 heavy (non-hydrogen) atoms. The molecule has 1 heterocycles. The van der Waals surface area contributed by atoms with E-state index in [1.807, 2.05) is 18.2 Å². The van der Waals surface area contributed by atoms with Gasteiger partial charge in [0.2, 0.25) is 5.91 Å². The lowest BCUT2D eigenvalue weighted by Gasteiger charge is -2.25. The van der Waals surface area contributed by atoms with Gasteiger partial charge in [0.05, 0.1) is 0 Å². The van der Waals surface area contributed by atoms with Crippen LogP contribution in [0.15, 0.2) is 52.1 Å². The number of hydrogen-bond donors (Lipinski definition) is 2. The van der Waals surface area contributed by atoms with Crippen LogP contribution in [-0.2, 0) is 14.8 Å². The highest BCUT2D eigenvalue weighted by Crippen LogP contribution is 2.22. The van der Waals surface area contributed by atoms with E-state index in [9.17, 15) is 13.2 Å². The minimum absolute atomic E-state index is 0.107. The van der Waals surface area contributed by atoms with Crippen LogP contribution in [0.5, 0.6) is 0 Å². The molecular weight excluding hydrogens is 380 g/mol. The van der Waals surface area contributed by atoms with Crippen LogP contribution in [0.3, 0.4) is 0 Å². The van der Waals surface area contributed by atoms with Crippen LogP contribution in [-0.4, -0.2) is 20.4 Å². The quantitative estimate of drug-likeness (QED) is 0.761.